The molecule has 2 aromatic rings. The van der Waals surface area contributed by atoms with Crippen molar-refractivity contribution in [1.29, 1.82) is 0 Å². The van der Waals surface area contributed by atoms with Crippen LogP contribution >= 0.6 is 0 Å². The summed E-state index contributed by atoms with van der Waals surface area (Å²) in [5.41, 5.74) is 0. The van der Waals surface area contributed by atoms with E-state index in [4.69, 9.17) is 9.47 Å². The molecule has 0 N–H and O–H groups in total. The van der Waals surface area contributed by atoms with Crippen LogP contribution in [0.25, 0.3) is 0 Å². The molecule has 140 valence electrons. The number of para-hydroxylation sites is 1. The van der Waals surface area contributed by atoms with Crippen LogP contribution in [0.1, 0.15) is 25.6 Å². The zero-order chi connectivity index (χ0) is 18.6. The Morgan fingerprint density at radius 1 is 1.27 bits per heavy atom. The molecule has 1 fully saturated rings. The number of nitrogens with zero attached hydrogens (tertiary/aromatic N) is 3. The number of rotatable bonds is 6. The van der Waals surface area contributed by atoms with Crippen LogP contribution in [0.2, 0.25) is 0 Å². The highest BCUT2D eigenvalue weighted by Crippen LogP contribution is 2.29. The number of piperidine rings is 1. The van der Waals surface area contributed by atoms with Crippen molar-refractivity contribution in [3.05, 3.63) is 42.4 Å². The van der Waals surface area contributed by atoms with Gasteiger partial charge >= 0.3 is 0 Å². The minimum absolute atomic E-state index is 0.195. The lowest BCUT2D eigenvalue weighted by molar-refractivity contribution is 0.124. The van der Waals surface area contributed by atoms with Crippen LogP contribution < -0.4 is 9.47 Å². The van der Waals surface area contributed by atoms with Gasteiger partial charge in [0.1, 0.15) is 22.6 Å². The first-order valence-corrected chi connectivity index (χ1v) is 10.1. The van der Waals surface area contributed by atoms with Gasteiger partial charge in [-0.1, -0.05) is 12.1 Å². The Labute approximate surface area is 154 Å². The van der Waals surface area contributed by atoms with Crippen LogP contribution in [0.3, 0.4) is 0 Å². The quantitative estimate of drug-likeness (QED) is 0.769. The Balaban J connectivity index is 1.78. The third kappa shape index (κ3) is 4.13. The van der Waals surface area contributed by atoms with Crippen LogP contribution in [-0.4, -0.2) is 48.5 Å². The number of aryl methyl sites for hydroxylation is 1. The Hall–Kier alpha value is -2.19. The lowest BCUT2D eigenvalue weighted by Gasteiger charge is -2.32. The van der Waals surface area contributed by atoms with Crippen LogP contribution in [-0.2, 0) is 10.0 Å². The van der Waals surface area contributed by atoms with Gasteiger partial charge in [0.05, 0.1) is 13.2 Å². The Bertz CT molecular complexity index is 857. The lowest BCUT2D eigenvalue weighted by Crippen LogP contribution is -2.44. The number of ether oxygens (including phenoxy) is 2. The molecule has 0 radical (unpaired) electrons. The maximum Gasteiger partial charge on any atom is 0.246 e. The molecule has 7 nitrogen and oxygen atoms in total. The summed E-state index contributed by atoms with van der Waals surface area (Å²) in [6.45, 7) is 4.77. The molecular weight excluding hydrogens is 354 g/mol. The summed E-state index contributed by atoms with van der Waals surface area (Å²) in [7, 11) is -3.65. The molecule has 1 unspecified atom stereocenters. The van der Waals surface area contributed by atoms with Gasteiger partial charge in [0.15, 0.2) is 0 Å². The molecule has 1 aliphatic heterocycles. The Kier molecular flexibility index (Phi) is 5.73. The van der Waals surface area contributed by atoms with Crippen molar-refractivity contribution in [1.82, 2.24) is 14.3 Å². The molecule has 1 saturated heterocycles. The fraction of sp³-hybridized carbons (Fsp3) is 0.444. The van der Waals surface area contributed by atoms with E-state index >= 15 is 0 Å². The maximum absolute atomic E-state index is 13.1. The third-order valence-electron chi connectivity index (χ3n) is 4.15. The monoisotopic (exact) mass is 377 g/mol. The standard InChI is InChI=1S/C18H23N3O4S/c1-3-24-16-8-4-5-9-17(16)26(22,23)21-12-6-7-15(13-21)25-18-10-11-19-14(2)20-18/h4-5,8-11,15H,3,6-7,12-13H2,1-2H3. The van der Waals surface area contributed by atoms with Crippen LogP contribution in [0.4, 0.5) is 0 Å². The van der Waals surface area contributed by atoms with Crippen molar-refractivity contribution in [2.45, 2.75) is 37.7 Å². The number of hydrogen-bond acceptors (Lipinski definition) is 6. The predicted octanol–water partition coefficient (Wildman–Crippen LogP) is 2.42. The van der Waals surface area contributed by atoms with Gasteiger partial charge in [0, 0.05) is 18.8 Å². The second-order valence-corrected chi connectivity index (χ2v) is 7.97. The number of benzene rings is 1. The topological polar surface area (TPSA) is 81.6 Å². The molecule has 0 aliphatic carbocycles. The fourth-order valence-electron chi connectivity index (χ4n) is 2.97. The maximum atomic E-state index is 13.1. The molecule has 3 rings (SSSR count). The van der Waals surface area contributed by atoms with Crippen molar-refractivity contribution < 1.29 is 17.9 Å². The highest BCUT2D eigenvalue weighted by molar-refractivity contribution is 7.89. The van der Waals surface area contributed by atoms with E-state index in [0.717, 1.165) is 12.8 Å². The van der Waals surface area contributed by atoms with Gasteiger partial charge < -0.3 is 9.47 Å². The van der Waals surface area contributed by atoms with E-state index in [0.29, 0.717) is 30.6 Å². The van der Waals surface area contributed by atoms with Gasteiger partial charge in [-0.25, -0.2) is 13.4 Å². The molecule has 8 heteroatoms. The van der Waals surface area contributed by atoms with Gasteiger partial charge in [0.25, 0.3) is 0 Å². The molecule has 1 atom stereocenters. The highest BCUT2D eigenvalue weighted by atomic mass is 32.2. The van der Waals surface area contributed by atoms with E-state index in [2.05, 4.69) is 9.97 Å². The molecule has 1 aliphatic rings. The lowest BCUT2D eigenvalue weighted by atomic mass is 10.1. The minimum Gasteiger partial charge on any atom is -0.492 e. The van der Waals surface area contributed by atoms with Crippen molar-refractivity contribution in [2.75, 3.05) is 19.7 Å². The zero-order valence-electron chi connectivity index (χ0n) is 15.0. The minimum atomic E-state index is -3.65. The fourth-order valence-corrected chi connectivity index (χ4v) is 4.61. The molecular formula is C18H23N3O4S. The van der Waals surface area contributed by atoms with E-state index in [1.165, 1.54) is 4.31 Å². The van der Waals surface area contributed by atoms with Gasteiger partial charge in [-0.3, -0.25) is 0 Å². The first-order chi connectivity index (χ1) is 12.5. The van der Waals surface area contributed by atoms with E-state index < -0.39 is 10.0 Å². The first-order valence-electron chi connectivity index (χ1n) is 8.69. The van der Waals surface area contributed by atoms with Gasteiger partial charge in [-0.2, -0.15) is 9.29 Å². The van der Waals surface area contributed by atoms with Crippen molar-refractivity contribution in [2.24, 2.45) is 0 Å². The summed E-state index contributed by atoms with van der Waals surface area (Å²) in [4.78, 5) is 8.47. The molecule has 0 spiro atoms. The van der Waals surface area contributed by atoms with Crippen molar-refractivity contribution in [3.63, 3.8) is 0 Å². The number of hydrogen-bond donors (Lipinski definition) is 0. The molecule has 1 aromatic heterocycles. The third-order valence-corrected chi connectivity index (χ3v) is 6.05. The van der Waals surface area contributed by atoms with Gasteiger partial charge in [-0.15, -0.1) is 0 Å². The highest BCUT2D eigenvalue weighted by Gasteiger charge is 2.33. The first kappa shape index (κ1) is 18.6. The molecule has 0 bridgehead atoms. The average Bonchev–Trinajstić information content (AvgIpc) is 2.63. The average molecular weight is 377 g/mol. The summed E-state index contributed by atoms with van der Waals surface area (Å²) in [5.74, 6) is 1.47. The summed E-state index contributed by atoms with van der Waals surface area (Å²) in [6, 6.07) is 8.42. The van der Waals surface area contributed by atoms with Crippen molar-refractivity contribution >= 4 is 10.0 Å². The largest absolute Gasteiger partial charge is 0.492 e. The normalized spacial score (nSPS) is 18.5. The summed E-state index contributed by atoms with van der Waals surface area (Å²) >= 11 is 0. The summed E-state index contributed by atoms with van der Waals surface area (Å²) < 4.78 is 39.0. The molecule has 26 heavy (non-hydrogen) atoms. The SMILES string of the molecule is CCOc1ccccc1S(=O)(=O)N1CCCC(Oc2ccnc(C)n2)C1. The summed E-state index contributed by atoms with van der Waals surface area (Å²) in [6.07, 6.45) is 2.90. The second kappa shape index (κ2) is 8.01. The van der Waals surface area contributed by atoms with E-state index in [9.17, 15) is 8.42 Å². The molecule has 2 heterocycles. The molecule has 0 saturated carbocycles. The zero-order valence-corrected chi connectivity index (χ0v) is 15.8. The molecule has 0 amide bonds. The van der Waals surface area contributed by atoms with E-state index in [1.54, 1.807) is 43.5 Å². The summed E-state index contributed by atoms with van der Waals surface area (Å²) in [5, 5.41) is 0. The Morgan fingerprint density at radius 2 is 2.08 bits per heavy atom. The van der Waals surface area contributed by atoms with Crippen LogP contribution in [0.15, 0.2) is 41.4 Å². The smallest absolute Gasteiger partial charge is 0.246 e. The van der Waals surface area contributed by atoms with Crippen LogP contribution in [0, 0.1) is 6.92 Å². The molecule has 1 aromatic carbocycles. The predicted molar refractivity (Wildman–Crippen MR) is 96.8 cm³/mol. The van der Waals surface area contributed by atoms with Gasteiger partial charge in [0.2, 0.25) is 15.9 Å². The second-order valence-electron chi connectivity index (χ2n) is 6.07. The van der Waals surface area contributed by atoms with Crippen LogP contribution in [0.5, 0.6) is 11.6 Å². The van der Waals surface area contributed by atoms with E-state index in [1.807, 2.05) is 6.92 Å². The van der Waals surface area contributed by atoms with E-state index in [-0.39, 0.29) is 17.5 Å². The Morgan fingerprint density at radius 3 is 2.85 bits per heavy atom. The van der Waals surface area contributed by atoms with Gasteiger partial charge in [-0.05, 0) is 38.8 Å². The number of aromatic nitrogens is 2. The number of sulfonamides is 1. The van der Waals surface area contributed by atoms with Crippen molar-refractivity contribution in [3.8, 4) is 11.6 Å².